The largest absolute Gasteiger partial charge is 0.288 e. The van der Waals surface area contributed by atoms with Crippen LogP contribution in [0.15, 0.2) is 36.5 Å². The summed E-state index contributed by atoms with van der Waals surface area (Å²) in [6.07, 6.45) is 6.26. The third-order valence-corrected chi connectivity index (χ3v) is 5.71. The van der Waals surface area contributed by atoms with Crippen LogP contribution in [0, 0.1) is 6.92 Å². The van der Waals surface area contributed by atoms with Gasteiger partial charge in [-0.15, -0.1) is 0 Å². The molecule has 6 nitrogen and oxygen atoms in total. The van der Waals surface area contributed by atoms with E-state index in [4.69, 9.17) is 10.2 Å². The van der Waals surface area contributed by atoms with Gasteiger partial charge in [0.2, 0.25) is 0 Å². The topological polar surface area (TPSA) is 90.9 Å². The Kier molecular flexibility index (Phi) is 3.87. The lowest BCUT2D eigenvalue weighted by atomic mass is 9.85. The second-order valence-corrected chi connectivity index (χ2v) is 7.39. The van der Waals surface area contributed by atoms with Crippen molar-refractivity contribution in [2.45, 2.75) is 32.6 Å². The molecule has 0 fully saturated rings. The predicted molar refractivity (Wildman–Crippen MR) is 107 cm³/mol. The van der Waals surface area contributed by atoms with Gasteiger partial charge in [0.1, 0.15) is 0 Å². The molecule has 0 bridgehead atoms. The first-order chi connectivity index (χ1) is 13.7. The number of benzene rings is 2. The number of amides is 1. The number of aryl methyl sites for hydroxylation is 2. The van der Waals surface area contributed by atoms with E-state index in [0.717, 1.165) is 52.5 Å². The number of carbonyl (C=O) groups is 1. The van der Waals surface area contributed by atoms with Crippen molar-refractivity contribution < 1.29 is 10.0 Å². The molecule has 28 heavy (non-hydrogen) atoms. The van der Waals surface area contributed by atoms with Gasteiger partial charge < -0.3 is 0 Å². The molecule has 0 radical (unpaired) electrons. The molecule has 1 aliphatic rings. The Balaban J connectivity index is 1.79. The van der Waals surface area contributed by atoms with E-state index in [1.807, 2.05) is 18.3 Å². The second-order valence-electron chi connectivity index (χ2n) is 7.39. The van der Waals surface area contributed by atoms with Crippen molar-refractivity contribution in [3.05, 3.63) is 58.8 Å². The van der Waals surface area contributed by atoms with Crippen LogP contribution in [0.3, 0.4) is 0 Å². The normalized spacial score (nSPS) is 13.6. The number of fused-ring (bicyclic) bond motifs is 5. The maximum atomic E-state index is 11.6. The zero-order chi connectivity index (χ0) is 19.3. The molecular formula is C22H20N4O2. The van der Waals surface area contributed by atoms with E-state index in [0.29, 0.717) is 5.56 Å². The van der Waals surface area contributed by atoms with Gasteiger partial charge in [0, 0.05) is 21.9 Å². The predicted octanol–water partition coefficient (Wildman–Crippen LogP) is 4.08. The highest BCUT2D eigenvalue weighted by Gasteiger charge is 2.22. The summed E-state index contributed by atoms with van der Waals surface area (Å²) < 4.78 is 0. The number of hydrogen-bond acceptors (Lipinski definition) is 4. The van der Waals surface area contributed by atoms with Crippen LogP contribution in [-0.2, 0) is 12.8 Å². The van der Waals surface area contributed by atoms with Crippen LogP contribution in [0.2, 0.25) is 0 Å². The highest BCUT2D eigenvalue weighted by atomic mass is 16.5. The molecule has 1 amide bonds. The number of hydroxylamine groups is 1. The van der Waals surface area contributed by atoms with Crippen molar-refractivity contribution in [1.29, 1.82) is 0 Å². The highest BCUT2D eigenvalue weighted by Crippen LogP contribution is 2.38. The zero-order valence-electron chi connectivity index (χ0n) is 15.5. The van der Waals surface area contributed by atoms with Crippen LogP contribution < -0.4 is 5.48 Å². The Morgan fingerprint density at radius 1 is 1.14 bits per heavy atom. The summed E-state index contributed by atoms with van der Waals surface area (Å²) in [4.78, 5) is 16.7. The van der Waals surface area contributed by atoms with E-state index in [9.17, 15) is 4.79 Å². The Labute approximate surface area is 161 Å². The molecule has 0 saturated heterocycles. The summed E-state index contributed by atoms with van der Waals surface area (Å²) in [5.41, 5.74) is 9.92. The smallest absolute Gasteiger partial charge is 0.274 e. The van der Waals surface area contributed by atoms with Crippen molar-refractivity contribution in [2.24, 2.45) is 0 Å². The van der Waals surface area contributed by atoms with Crippen LogP contribution in [0.4, 0.5) is 0 Å². The molecule has 6 heteroatoms. The highest BCUT2D eigenvalue weighted by molar-refractivity contribution is 6.09. The molecular weight excluding hydrogens is 352 g/mol. The monoisotopic (exact) mass is 372 g/mol. The molecule has 1 aliphatic carbocycles. The van der Waals surface area contributed by atoms with Crippen molar-refractivity contribution in [3.63, 3.8) is 0 Å². The fraction of sp³-hybridized carbons (Fsp3) is 0.227. The molecule has 0 atom stereocenters. The second kappa shape index (κ2) is 6.42. The number of nitrogens with zero attached hydrogens (tertiary/aromatic N) is 2. The fourth-order valence-corrected chi connectivity index (χ4v) is 4.37. The molecule has 0 aliphatic heterocycles. The van der Waals surface area contributed by atoms with Crippen LogP contribution in [0.25, 0.3) is 33.1 Å². The number of rotatable bonds is 2. The van der Waals surface area contributed by atoms with Gasteiger partial charge >= 0.3 is 0 Å². The number of H-pyrrole nitrogens is 1. The van der Waals surface area contributed by atoms with E-state index in [2.05, 4.69) is 23.2 Å². The maximum absolute atomic E-state index is 11.6. The molecule has 3 N–H and O–H groups in total. The Bertz CT molecular complexity index is 1230. The molecule has 0 saturated carbocycles. The van der Waals surface area contributed by atoms with E-state index >= 15 is 0 Å². The summed E-state index contributed by atoms with van der Waals surface area (Å²) in [7, 11) is 0. The number of nitrogens with one attached hydrogen (secondary N) is 2. The first kappa shape index (κ1) is 16.9. The van der Waals surface area contributed by atoms with Gasteiger partial charge in [-0.05, 0) is 67.5 Å². The van der Waals surface area contributed by atoms with Crippen molar-refractivity contribution in [3.8, 4) is 11.3 Å². The van der Waals surface area contributed by atoms with Gasteiger partial charge in [0.05, 0.1) is 22.9 Å². The van der Waals surface area contributed by atoms with Crippen LogP contribution in [0.5, 0.6) is 0 Å². The first-order valence-corrected chi connectivity index (χ1v) is 9.50. The van der Waals surface area contributed by atoms with Crippen LogP contribution in [0.1, 0.15) is 39.9 Å². The van der Waals surface area contributed by atoms with Gasteiger partial charge in [-0.2, -0.15) is 5.10 Å². The molecule has 2 aromatic heterocycles. The lowest BCUT2D eigenvalue weighted by molar-refractivity contribution is 0.0706. The first-order valence-electron chi connectivity index (χ1n) is 9.50. The number of aromatic amines is 1. The number of carbonyl (C=O) groups excluding carboxylic acids is 1. The third-order valence-electron chi connectivity index (χ3n) is 5.71. The van der Waals surface area contributed by atoms with Crippen molar-refractivity contribution in [1.82, 2.24) is 20.7 Å². The molecule has 2 heterocycles. The summed E-state index contributed by atoms with van der Waals surface area (Å²) >= 11 is 0. The standard InChI is InChI=1S/C22H20N4O2/c1-12-10-18-17(11-23-25-18)19-15-4-2-3-5-16(15)21(24-20(12)19)13-6-8-14(9-7-13)22(27)26-28/h6-11,28H,2-5H2,1H3,(H,23,25)(H,26,27). The number of aromatic nitrogens is 3. The van der Waals surface area contributed by atoms with E-state index in [1.165, 1.54) is 22.9 Å². The molecule has 140 valence electrons. The average Bonchev–Trinajstić information content (AvgIpc) is 3.20. The SMILES string of the molecule is Cc1cc2[nH]ncc2c2c3c(c(-c4ccc(C(=O)NO)cc4)nc12)CCCC3. The Hall–Kier alpha value is -3.25. The van der Waals surface area contributed by atoms with E-state index in [-0.39, 0.29) is 0 Å². The zero-order valence-corrected chi connectivity index (χ0v) is 15.5. The molecule has 0 spiro atoms. The Morgan fingerprint density at radius 3 is 2.64 bits per heavy atom. The van der Waals surface area contributed by atoms with Crippen LogP contribution in [-0.4, -0.2) is 26.3 Å². The van der Waals surface area contributed by atoms with Crippen molar-refractivity contribution in [2.75, 3.05) is 0 Å². The molecule has 2 aromatic carbocycles. The van der Waals surface area contributed by atoms with Gasteiger partial charge in [0.15, 0.2) is 0 Å². The minimum Gasteiger partial charge on any atom is -0.288 e. The quantitative estimate of drug-likeness (QED) is 0.365. The van der Waals surface area contributed by atoms with E-state index in [1.54, 1.807) is 17.6 Å². The maximum Gasteiger partial charge on any atom is 0.274 e. The summed E-state index contributed by atoms with van der Waals surface area (Å²) in [5, 5.41) is 18.5. The van der Waals surface area contributed by atoms with Crippen LogP contribution >= 0.6 is 0 Å². The average molecular weight is 372 g/mol. The molecule has 0 unspecified atom stereocenters. The lowest BCUT2D eigenvalue weighted by Crippen LogP contribution is -2.18. The van der Waals surface area contributed by atoms with Gasteiger partial charge in [-0.3, -0.25) is 15.1 Å². The number of hydrogen-bond donors (Lipinski definition) is 3. The minimum atomic E-state index is -0.516. The molecule has 4 aromatic rings. The summed E-state index contributed by atoms with van der Waals surface area (Å²) in [6, 6.07) is 9.34. The third kappa shape index (κ3) is 2.49. The summed E-state index contributed by atoms with van der Waals surface area (Å²) in [5.74, 6) is -0.516. The van der Waals surface area contributed by atoms with Crippen molar-refractivity contribution >= 4 is 27.7 Å². The molecule has 5 rings (SSSR count). The lowest BCUT2D eigenvalue weighted by Gasteiger charge is -2.22. The van der Waals surface area contributed by atoms with E-state index < -0.39 is 5.91 Å². The Morgan fingerprint density at radius 2 is 1.89 bits per heavy atom. The number of pyridine rings is 1. The van der Waals surface area contributed by atoms with Gasteiger partial charge in [0.25, 0.3) is 5.91 Å². The summed E-state index contributed by atoms with van der Waals surface area (Å²) in [6.45, 7) is 2.09. The van der Waals surface area contributed by atoms with Gasteiger partial charge in [-0.25, -0.2) is 10.5 Å². The minimum absolute atomic E-state index is 0.414. The van der Waals surface area contributed by atoms with Gasteiger partial charge in [-0.1, -0.05) is 12.1 Å². The fourth-order valence-electron chi connectivity index (χ4n) is 4.37.